The summed E-state index contributed by atoms with van der Waals surface area (Å²) in [5.41, 5.74) is -0.323. The number of aliphatic imine (C=N–C) groups is 1. The highest BCUT2D eigenvalue weighted by molar-refractivity contribution is 6.19. The van der Waals surface area contributed by atoms with Gasteiger partial charge in [0.05, 0.1) is 6.54 Å². The number of rotatable bonds is 0. The van der Waals surface area contributed by atoms with Crippen LogP contribution in [0.3, 0.4) is 0 Å². The van der Waals surface area contributed by atoms with E-state index in [1.807, 2.05) is 36.3 Å². The summed E-state index contributed by atoms with van der Waals surface area (Å²) in [5, 5.41) is 0. The van der Waals surface area contributed by atoms with Crippen molar-refractivity contribution < 1.29 is 0 Å². The van der Waals surface area contributed by atoms with Gasteiger partial charge in [-0.25, -0.2) is 0 Å². The molecule has 2 nitrogen and oxygen atoms in total. The van der Waals surface area contributed by atoms with Crippen LogP contribution >= 0.6 is 0 Å². The number of amidine groups is 1. The van der Waals surface area contributed by atoms with Gasteiger partial charge in [0.2, 0.25) is 0 Å². The molecule has 0 aromatic heterocycles. The molecule has 1 atom stereocenters. The first-order chi connectivity index (χ1) is 5.20. The molecule has 2 heterocycles. The van der Waals surface area contributed by atoms with Gasteiger partial charge < -0.3 is 4.90 Å². The molecule has 0 N–H and O–H groups in total. The van der Waals surface area contributed by atoms with E-state index >= 15 is 0 Å². The van der Waals surface area contributed by atoms with E-state index in [-0.39, 0.29) is 5.44 Å². The Balaban J connectivity index is 2.35. The van der Waals surface area contributed by atoms with Gasteiger partial charge in [-0.3, -0.25) is 4.99 Å². The zero-order valence-corrected chi connectivity index (χ0v) is 6.49. The van der Waals surface area contributed by atoms with Gasteiger partial charge in [0.25, 0.3) is 0 Å². The number of hydrogen-bond acceptors (Lipinski definition) is 2. The van der Waals surface area contributed by atoms with Crippen molar-refractivity contribution in [2.45, 2.75) is 12.4 Å². The van der Waals surface area contributed by atoms with E-state index in [1.165, 1.54) is 0 Å². The van der Waals surface area contributed by atoms with Gasteiger partial charge in [-0.05, 0) is 19.1 Å². The van der Waals surface area contributed by atoms with Crippen molar-refractivity contribution in [1.82, 2.24) is 4.90 Å². The molecule has 0 bridgehead atoms. The van der Waals surface area contributed by atoms with Crippen molar-refractivity contribution in [3.63, 3.8) is 0 Å². The fourth-order valence-corrected chi connectivity index (χ4v) is 1.31. The van der Waals surface area contributed by atoms with Gasteiger partial charge in [0.15, 0.2) is 0 Å². The summed E-state index contributed by atoms with van der Waals surface area (Å²) in [6.07, 6.45) is 7.87. The number of allylic oxidation sites excluding steroid dienone is 2. The smallest absolute Gasteiger partial charge is 0.127 e. The third-order valence-electron chi connectivity index (χ3n) is 1.95. The molecule has 2 aliphatic rings. The van der Waals surface area contributed by atoms with Crippen LogP contribution in [-0.2, 0) is 0 Å². The molecule has 2 rings (SSSR count). The van der Waals surface area contributed by atoms with Crippen LogP contribution in [0.1, 0.15) is 6.92 Å². The lowest BCUT2D eigenvalue weighted by atomic mass is 9.79. The molecular formula is C8H9BN2. The average molecular weight is 144 g/mol. The van der Waals surface area contributed by atoms with Crippen LogP contribution in [0.25, 0.3) is 0 Å². The second-order valence-corrected chi connectivity index (χ2v) is 3.10. The monoisotopic (exact) mass is 144 g/mol. The largest absolute Gasteiger partial charge is 0.335 e. The lowest BCUT2D eigenvalue weighted by molar-refractivity contribution is 0.416. The predicted molar refractivity (Wildman–Crippen MR) is 46.6 cm³/mol. The number of hydrogen-bond donors (Lipinski definition) is 0. The quantitative estimate of drug-likeness (QED) is 0.456. The molecule has 0 saturated heterocycles. The molecule has 0 amide bonds. The third kappa shape index (κ3) is 0.915. The van der Waals surface area contributed by atoms with Gasteiger partial charge >= 0.3 is 0 Å². The minimum Gasteiger partial charge on any atom is -0.335 e. The van der Waals surface area contributed by atoms with Crippen molar-refractivity contribution in [3.05, 3.63) is 24.4 Å². The molecular weight excluding hydrogens is 135 g/mol. The fraction of sp³-hybridized carbons (Fsp3) is 0.375. The topological polar surface area (TPSA) is 15.6 Å². The van der Waals surface area contributed by atoms with Gasteiger partial charge in [-0.1, -0.05) is 6.08 Å². The van der Waals surface area contributed by atoms with E-state index in [2.05, 4.69) is 4.99 Å². The molecule has 0 aromatic rings. The Morgan fingerprint density at radius 3 is 3.18 bits per heavy atom. The summed E-state index contributed by atoms with van der Waals surface area (Å²) in [6.45, 7) is 2.66. The normalized spacial score (nSPS) is 33.9. The summed E-state index contributed by atoms with van der Waals surface area (Å²) in [7, 11) is 5.96. The minimum atomic E-state index is -0.323. The Morgan fingerprint density at radius 1 is 1.64 bits per heavy atom. The molecule has 11 heavy (non-hydrogen) atoms. The molecule has 1 unspecified atom stereocenters. The van der Waals surface area contributed by atoms with Crippen LogP contribution in [0, 0.1) is 0 Å². The molecule has 54 valence electrons. The number of fused-ring (bicyclic) bond motifs is 1. The van der Waals surface area contributed by atoms with Gasteiger partial charge in [-0.15, -0.1) is 0 Å². The fourth-order valence-electron chi connectivity index (χ4n) is 1.31. The summed E-state index contributed by atoms with van der Waals surface area (Å²) in [4.78, 5) is 6.28. The maximum absolute atomic E-state index is 5.96. The zero-order valence-electron chi connectivity index (χ0n) is 6.49. The zero-order chi connectivity index (χ0) is 7.90. The Bertz CT molecular complexity index is 263. The molecule has 0 saturated carbocycles. The SMILES string of the molecule is [B]C1(C)CN=C2C=CC=CN21. The Hall–Kier alpha value is -0.985. The van der Waals surface area contributed by atoms with Crippen molar-refractivity contribution in [2.24, 2.45) is 4.99 Å². The highest BCUT2D eigenvalue weighted by Gasteiger charge is 2.31. The van der Waals surface area contributed by atoms with E-state index < -0.39 is 0 Å². The van der Waals surface area contributed by atoms with Crippen LogP contribution in [0.15, 0.2) is 29.4 Å². The van der Waals surface area contributed by atoms with E-state index in [1.54, 1.807) is 0 Å². The van der Waals surface area contributed by atoms with E-state index in [4.69, 9.17) is 7.85 Å². The summed E-state index contributed by atoms with van der Waals surface area (Å²) in [6, 6.07) is 0. The molecule has 2 radical (unpaired) electrons. The highest BCUT2D eigenvalue weighted by Crippen LogP contribution is 2.22. The Morgan fingerprint density at radius 2 is 2.45 bits per heavy atom. The maximum Gasteiger partial charge on any atom is 0.127 e. The molecule has 3 heteroatoms. The van der Waals surface area contributed by atoms with Gasteiger partial charge in [-0.2, -0.15) is 0 Å². The summed E-state index contributed by atoms with van der Waals surface area (Å²) < 4.78 is 0. The van der Waals surface area contributed by atoms with Crippen LogP contribution < -0.4 is 0 Å². The van der Waals surface area contributed by atoms with Gasteiger partial charge in [0.1, 0.15) is 13.7 Å². The van der Waals surface area contributed by atoms with E-state index in [0.717, 1.165) is 5.84 Å². The second-order valence-electron chi connectivity index (χ2n) is 3.10. The molecule has 2 aliphatic heterocycles. The first-order valence-electron chi connectivity index (χ1n) is 3.68. The standard InChI is InChI=1S/C8H9BN2/c1-8(9)6-10-7-4-2-3-5-11(7)8/h2-5H,6H2,1H3. The Kier molecular flexibility index (Phi) is 1.22. The van der Waals surface area contributed by atoms with E-state index in [9.17, 15) is 0 Å². The maximum atomic E-state index is 5.96. The lowest BCUT2D eigenvalue weighted by Gasteiger charge is -2.31. The molecule has 0 spiro atoms. The summed E-state index contributed by atoms with van der Waals surface area (Å²) >= 11 is 0. The van der Waals surface area contributed by atoms with Gasteiger partial charge in [0, 0.05) is 11.6 Å². The Labute approximate surface area is 67.7 Å². The van der Waals surface area contributed by atoms with Crippen LogP contribution in [0.4, 0.5) is 0 Å². The van der Waals surface area contributed by atoms with E-state index in [0.29, 0.717) is 6.54 Å². The molecule has 0 aromatic carbocycles. The molecule has 0 fully saturated rings. The highest BCUT2D eigenvalue weighted by atomic mass is 15.3. The minimum absolute atomic E-state index is 0.323. The van der Waals surface area contributed by atoms with Crippen LogP contribution in [0.2, 0.25) is 0 Å². The third-order valence-corrected chi connectivity index (χ3v) is 1.95. The first-order valence-corrected chi connectivity index (χ1v) is 3.68. The lowest BCUT2D eigenvalue weighted by Crippen LogP contribution is -2.44. The van der Waals surface area contributed by atoms with Crippen LogP contribution in [0.5, 0.6) is 0 Å². The average Bonchev–Trinajstić information content (AvgIpc) is 2.29. The van der Waals surface area contributed by atoms with Crippen molar-refractivity contribution in [2.75, 3.05) is 6.54 Å². The van der Waals surface area contributed by atoms with Crippen LogP contribution in [-0.4, -0.2) is 30.6 Å². The van der Waals surface area contributed by atoms with Crippen molar-refractivity contribution >= 4 is 13.7 Å². The molecule has 0 aliphatic carbocycles. The first kappa shape index (κ1) is 6.71. The van der Waals surface area contributed by atoms with Crippen molar-refractivity contribution in [3.8, 4) is 0 Å². The van der Waals surface area contributed by atoms with Crippen molar-refractivity contribution in [1.29, 1.82) is 0 Å². The second kappa shape index (κ2) is 2.00. The predicted octanol–water partition coefficient (Wildman–Crippen LogP) is 0.669. The summed E-state index contributed by atoms with van der Waals surface area (Å²) in [5.74, 6) is 0.970. The number of nitrogens with zero attached hydrogens (tertiary/aromatic N) is 2.